The van der Waals surface area contributed by atoms with Gasteiger partial charge in [0, 0.05) is 25.7 Å². The number of hydrogen-bond donors (Lipinski definition) is 3. The van der Waals surface area contributed by atoms with Crippen LogP contribution in [-0.2, 0) is 65.4 Å². The van der Waals surface area contributed by atoms with Crippen molar-refractivity contribution in [3.8, 4) is 0 Å². The lowest BCUT2D eigenvalue weighted by molar-refractivity contribution is -0.161. The molecule has 0 rings (SSSR count). The van der Waals surface area contributed by atoms with Crippen molar-refractivity contribution < 1.29 is 80.2 Å². The third kappa shape index (κ3) is 71.9. The van der Waals surface area contributed by atoms with Gasteiger partial charge in [0.1, 0.15) is 19.3 Å². The van der Waals surface area contributed by atoms with Gasteiger partial charge in [0.25, 0.3) is 0 Å². The van der Waals surface area contributed by atoms with Gasteiger partial charge in [0.15, 0.2) is 12.2 Å². The third-order valence-electron chi connectivity index (χ3n) is 17.8. The van der Waals surface area contributed by atoms with Gasteiger partial charge in [-0.3, -0.25) is 37.3 Å². The first kappa shape index (κ1) is 95.5. The van der Waals surface area contributed by atoms with Crippen molar-refractivity contribution in [3.05, 3.63) is 24.3 Å². The zero-order valence-electron chi connectivity index (χ0n) is 63.6. The molecule has 0 aromatic carbocycles. The number of unbranched alkanes of at least 4 members (excludes halogenated alkanes) is 43. The molecule has 0 aliphatic heterocycles. The molecule has 0 saturated heterocycles. The largest absolute Gasteiger partial charge is 0.472 e. The third-order valence-corrected chi connectivity index (χ3v) is 19.7. The Morgan fingerprint density at radius 1 is 0.316 bits per heavy atom. The lowest BCUT2D eigenvalue weighted by Crippen LogP contribution is -2.30. The van der Waals surface area contributed by atoms with Crippen molar-refractivity contribution in [3.63, 3.8) is 0 Å². The Kier molecular flexibility index (Phi) is 68.5. The van der Waals surface area contributed by atoms with Crippen LogP contribution in [0, 0.1) is 11.8 Å². The molecule has 0 spiro atoms. The second-order valence-electron chi connectivity index (χ2n) is 28.7. The van der Waals surface area contributed by atoms with Crippen LogP contribution in [0.2, 0.25) is 0 Å². The minimum absolute atomic E-state index is 0.101. The molecule has 17 nitrogen and oxygen atoms in total. The molecule has 0 bridgehead atoms. The Bertz CT molecular complexity index is 1980. The van der Waals surface area contributed by atoms with Crippen LogP contribution in [0.1, 0.15) is 388 Å². The average molecular weight is 1430 g/mol. The lowest BCUT2D eigenvalue weighted by Gasteiger charge is -2.21. The van der Waals surface area contributed by atoms with E-state index < -0.39 is 97.5 Å². The van der Waals surface area contributed by atoms with E-state index in [-0.39, 0.29) is 25.7 Å². The number of rotatable bonds is 76. The van der Waals surface area contributed by atoms with E-state index in [0.717, 1.165) is 121 Å². The number of hydrogen-bond acceptors (Lipinski definition) is 15. The number of ether oxygens (including phenoxy) is 4. The summed E-state index contributed by atoms with van der Waals surface area (Å²) in [4.78, 5) is 72.9. The van der Waals surface area contributed by atoms with E-state index in [1.807, 2.05) is 0 Å². The fourth-order valence-electron chi connectivity index (χ4n) is 11.6. The Balaban J connectivity index is 5.30. The minimum Gasteiger partial charge on any atom is -0.462 e. The molecule has 0 fully saturated rings. The summed E-state index contributed by atoms with van der Waals surface area (Å²) in [7, 11) is -9.93. The molecule has 0 aliphatic rings. The fraction of sp³-hybridized carbons (Fsp3) is 0.899. The Hall–Kier alpha value is -2.46. The molecule has 0 aliphatic carbocycles. The summed E-state index contributed by atoms with van der Waals surface area (Å²) < 4.78 is 68.6. The molecule has 0 aromatic rings. The monoisotopic (exact) mass is 1430 g/mol. The van der Waals surface area contributed by atoms with Crippen LogP contribution in [0.4, 0.5) is 0 Å². The maximum Gasteiger partial charge on any atom is 0.472 e. The van der Waals surface area contributed by atoms with Crippen LogP contribution >= 0.6 is 15.6 Å². The predicted octanol–water partition coefficient (Wildman–Crippen LogP) is 23.1. The number of esters is 4. The summed E-state index contributed by atoms with van der Waals surface area (Å²) in [5, 5.41) is 10.6. The fourth-order valence-corrected chi connectivity index (χ4v) is 13.2. The smallest absolute Gasteiger partial charge is 0.462 e. The van der Waals surface area contributed by atoms with Gasteiger partial charge < -0.3 is 33.8 Å². The number of aliphatic hydroxyl groups is 1. The highest BCUT2D eigenvalue weighted by Gasteiger charge is 2.30. The summed E-state index contributed by atoms with van der Waals surface area (Å²) in [6.45, 7) is 9.54. The first-order valence-electron chi connectivity index (χ1n) is 40.3. The van der Waals surface area contributed by atoms with Crippen LogP contribution in [0.15, 0.2) is 24.3 Å². The van der Waals surface area contributed by atoms with Crippen LogP contribution in [0.5, 0.6) is 0 Å². The number of aliphatic hydroxyl groups excluding tert-OH is 1. The minimum atomic E-state index is -4.97. The molecular weight excluding hydrogens is 1280 g/mol. The molecular formula is C79H150O17P2. The van der Waals surface area contributed by atoms with Crippen molar-refractivity contribution in [2.45, 2.75) is 407 Å². The van der Waals surface area contributed by atoms with Gasteiger partial charge in [-0.25, -0.2) is 9.13 Å². The van der Waals surface area contributed by atoms with Gasteiger partial charge in [-0.1, -0.05) is 336 Å². The van der Waals surface area contributed by atoms with Crippen molar-refractivity contribution in [1.29, 1.82) is 0 Å². The number of phosphoric ester groups is 2. The van der Waals surface area contributed by atoms with Crippen LogP contribution in [0.25, 0.3) is 0 Å². The molecule has 578 valence electrons. The van der Waals surface area contributed by atoms with E-state index in [9.17, 15) is 43.2 Å². The Labute approximate surface area is 599 Å². The standard InChI is InChI=1S/C79H150O17P2/c1-7-9-11-13-15-17-19-21-23-24-26-28-32-38-45-51-57-63-78(83)95-74(67-89-76(81)61-55-49-43-37-31-27-25-22-20-18-16-14-12-10-8-2)69-93-97(85,86)91-65-73(80)66-92-98(87,88)94-70-75(68-90-77(82)62-56-50-44-40-34-36-42-48-54-60-72(5)6)96-79(84)64-58-52-46-39-33-29-30-35-41-47-53-59-71(3)4/h18,20,22,25,71-75,80H,7-17,19,21,23-24,26-70H2,1-6H3,(H,85,86)(H,87,88)/b20-18-,25-22-/t73-,74-,75-/m1/s1. The number of carbonyl (C=O) groups excluding carboxylic acids is 4. The zero-order chi connectivity index (χ0) is 72.1. The molecule has 5 atom stereocenters. The van der Waals surface area contributed by atoms with Gasteiger partial charge in [-0.05, 0) is 63.2 Å². The molecule has 98 heavy (non-hydrogen) atoms. The molecule has 2 unspecified atom stereocenters. The van der Waals surface area contributed by atoms with E-state index >= 15 is 0 Å². The highest BCUT2D eigenvalue weighted by Crippen LogP contribution is 2.45. The maximum absolute atomic E-state index is 13.1. The molecule has 0 heterocycles. The topological polar surface area (TPSA) is 237 Å². The van der Waals surface area contributed by atoms with Crippen molar-refractivity contribution in [2.24, 2.45) is 11.8 Å². The first-order chi connectivity index (χ1) is 47.4. The number of allylic oxidation sites excluding steroid dienone is 4. The SMILES string of the molecule is CCCCCC/C=C\C=C/CCCCCCCC(=O)OC[C@H](COP(=O)(O)OC[C@@H](O)COP(=O)(O)OC[C@@H](COC(=O)CCCCCCCCCCCC(C)C)OC(=O)CCCCCCCCCCCCCC(C)C)OC(=O)CCCCCCCCCCCCCCCCCCC. The van der Waals surface area contributed by atoms with Crippen molar-refractivity contribution >= 4 is 39.5 Å². The van der Waals surface area contributed by atoms with Crippen LogP contribution < -0.4 is 0 Å². The molecule has 0 saturated carbocycles. The Morgan fingerprint density at radius 2 is 0.551 bits per heavy atom. The molecule has 19 heteroatoms. The van der Waals surface area contributed by atoms with Gasteiger partial charge in [-0.15, -0.1) is 0 Å². The summed E-state index contributed by atoms with van der Waals surface area (Å²) in [5.41, 5.74) is 0. The van der Waals surface area contributed by atoms with Gasteiger partial charge in [0.05, 0.1) is 26.4 Å². The number of carbonyl (C=O) groups is 4. The van der Waals surface area contributed by atoms with Gasteiger partial charge in [0.2, 0.25) is 0 Å². The normalized spacial score (nSPS) is 14.1. The summed E-state index contributed by atoms with van der Waals surface area (Å²) in [6, 6.07) is 0. The van der Waals surface area contributed by atoms with E-state index in [2.05, 4.69) is 65.8 Å². The summed E-state index contributed by atoms with van der Waals surface area (Å²) in [6.07, 6.45) is 61.8. The van der Waals surface area contributed by atoms with Crippen LogP contribution in [-0.4, -0.2) is 96.7 Å². The van der Waals surface area contributed by atoms with Crippen LogP contribution in [0.3, 0.4) is 0 Å². The first-order valence-corrected chi connectivity index (χ1v) is 43.3. The number of phosphoric acid groups is 2. The van der Waals surface area contributed by atoms with Crippen molar-refractivity contribution in [2.75, 3.05) is 39.6 Å². The van der Waals surface area contributed by atoms with Crippen molar-refractivity contribution in [1.82, 2.24) is 0 Å². The average Bonchev–Trinajstić information content (AvgIpc) is 2.84. The molecule has 0 aromatic heterocycles. The molecule has 0 amide bonds. The second-order valence-corrected chi connectivity index (χ2v) is 31.6. The summed E-state index contributed by atoms with van der Waals surface area (Å²) >= 11 is 0. The molecule has 0 radical (unpaired) electrons. The van der Waals surface area contributed by atoms with Gasteiger partial charge >= 0.3 is 39.5 Å². The second kappa shape index (κ2) is 70.2. The summed E-state index contributed by atoms with van der Waals surface area (Å²) in [5.74, 6) is -0.635. The Morgan fingerprint density at radius 3 is 0.837 bits per heavy atom. The highest BCUT2D eigenvalue weighted by atomic mass is 31.2. The quantitative estimate of drug-likeness (QED) is 0.0169. The van der Waals surface area contributed by atoms with Gasteiger partial charge in [-0.2, -0.15) is 0 Å². The maximum atomic E-state index is 13.1. The van der Waals surface area contributed by atoms with E-state index in [1.54, 1.807) is 0 Å². The predicted molar refractivity (Wildman–Crippen MR) is 400 cm³/mol. The van der Waals surface area contributed by atoms with E-state index in [4.69, 9.17) is 37.0 Å². The van der Waals surface area contributed by atoms with E-state index in [1.165, 1.54) is 186 Å². The lowest BCUT2D eigenvalue weighted by atomic mass is 10.0. The highest BCUT2D eigenvalue weighted by molar-refractivity contribution is 7.47. The van der Waals surface area contributed by atoms with E-state index in [0.29, 0.717) is 25.7 Å². The molecule has 3 N–H and O–H groups in total. The zero-order valence-corrected chi connectivity index (χ0v) is 65.4.